The molecule has 0 amide bonds. The third-order valence-electron chi connectivity index (χ3n) is 3.27. The molecule has 0 heterocycles. The quantitative estimate of drug-likeness (QED) is 0.365. The maximum absolute atomic E-state index is 11.8. The van der Waals surface area contributed by atoms with Gasteiger partial charge in [-0.2, -0.15) is 0 Å². The average Bonchev–Trinajstić information content (AvgIpc) is 2.46. The smallest absolute Gasteiger partial charge is 0.349 e. The molecule has 2 rings (SSSR count). The van der Waals surface area contributed by atoms with Crippen molar-refractivity contribution in [3.8, 4) is 11.5 Å². The van der Waals surface area contributed by atoms with E-state index in [-0.39, 0.29) is 18.0 Å². The van der Waals surface area contributed by atoms with E-state index in [1.165, 1.54) is 18.2 Å². The van der Waals surface area contributed by atoms with Crippen LogP contribution in [0.5, 0.6) is 11.5 Å². The topological polar surface area (TPSA) is 78.7 Å². The highest BCUT2D eigenvalue weighted by molar-refractivity contribution is 5.74. The summed E-state index contributed by atoms with van der Waals surface area (Å²) in [5, 5.41) is 10.7. The highest BCUT2D eigenvalue weighted by Crippen LogP contribution is 2.23. The van der Waals surface area contributed by atoms with Crippen molar-refractivity contribution in [2.24, 2.45) is 0 Å². The molecule has 2 aromatic rings. The molecule has 6 heteroatoms. The van der Waals surface area contributed by atoms with Crippen molar-refractivity contribution in [2.45, 2.75) is 20.8 Å². The molecule has 0 saturated carbocycles. The largest absolute Gasteiger partial charge is 0.482 e. The van der Waals surface area contributed by atoms with Gasteiger partial charge in [-0.15, -0.1) is 0 Å². The Kier molecular flexibility index (Phi) is 4.95. The summed E-state index contributed by atoms with van der Waals surface area (Å²) in [7, 11) is 0. The fourth-order valence-electron chi connectivity index (χ4n) is 2.16. The molecule has 0 unspecified atom stereocenters. The number of ether oxygens (including phenoxy) is 2. The Balaban J connectivity index is 1.97. The fourth-order valence-corrected chi connectivity index (χ4v) is 2.16. The van der Waals surface area contributed by atoms with Crippen molar-refractivity contribution in [3.05, 3.63) is 63.2 Å². The van der Waals surface area contributed by atoms with Crippen LogP contribution in [0.3, 0.4) is 0 Å². The number of benzene rings is 2. The number of hydrogen-bond acceptors (Lipinski definition) is 5. The van der Waals surface area contributed by atoms with E-state index in [2.05, 4.69) is 0 Å². The van der Waals surface area contributed by atoms with Gasteiger partial charge in [-0.25, -0.2) is 4.79 Å². The average molecular weight is 315 g/mol. The zero-order valence-corrected chi connectivity index (χ0v) is 13.2. The molecule has 6 nitrogen and oxygen atoms in total. The molecule has 0 spiro atoms. The Morgan fingerprint density at radius 3 is 2.43 bits per heavy atom. The minimum Gasteiger partial charge on any atom is -0.482 e. The SMILES string of the molecule is Cc1ccc(OCC(=O)Oc2ccc([N+](=O)[O-])c(C)c2)c(C)c1. The molecular formula is C17H17NO5. The molecule has 0 bridgehead atoms. The molecule has 120 valence electrons. The standard InChI is InChI=1S/C17H17NO5/c1-11-4-7-16(13(3)8-11)22-10-17(19)23-14-5-6-15(18(20)21)12(2)9-14/h4-9H,10H2,1-3H3. The van der Waals surface area contributed by atoms with Gasteiger partial charge < -0.3 is 9.47 Å². The van der Waals surface area contributed by atoms with Crippen molar-refractivity contribution < 1.29 is 19.2 Å². The van der Waals surface area contributed by atoms with Gasteiger partial charge in [0.25, 0.3) is 5.69 Å². The number of hydrogen-bond donors (Lipinski definition) is 0. The van der Waals surface area contributed by atoms with Crippen LogP contribution >= 0.6 is 0 Å². The molecule has 0 atom stereocenters. The number of esters is 1. The lowest BCUT2D eigenvalue weighted by molar-refractivity contribution is -0.385. The predicted octanol–water partition coefficient (Wildman–Crippen LogP) is 3.50. The molecule has 0 aliphatic carbocycles. The number of carbonyl (C=O) groups is 1. The van der Waals surface area contributed by atoms with Gasteiger partial charge in [-0.1, -0.05) is 17.7 Å². The van der Waals surface area contributed by atoms with E-state index in [4.69, 9.17) is 9.47 Å². The second kappa shape index (κ2) is 6.91. The van der Waals surface area contributed by atoms with E-state index in [9.17, 15) is 14.9 Å². The summed E-state index contributed by atoms with van der Waals surface area (Å²) in [4.78, 5) is 22.1. The van der Waals surface area contributed by atoms with Crippen LogP contribution in [0.4, 0.5) is 5.69 Å². The number of nitro benzene ring substituents is 1. The van der Waals surface area contributed by atoms with E-state index < -0.39 is 10.9 Å². The minimum atomic E-state index is -0.571. The van der Waals surface area contributed by atoms with Crippen molar-refractivity contribution in [1.82, 2.24) is 0 Å². The summed E-state index contributed by atoms with van der Waals surface area (Å²) in [6.07, 6.45) is 0. The summed E-state index contributed by atoms with van der Waals surface area (Å²) in [5.41, 5.74) is 2.45. The molecule has 0 aliphatic heterocycles. The molecule has 0 saturated heterocycles. The van der Waals surface area contributed by atoms with E-state index in [0.717, 1.165) is 11.1 Å². The van der Waals surface area contributed by atoms with Crippen molar-refractivity contribution in [2.75, 3.05) is 6.61 Å². The second-order valence-corrected chi connectivity index (χ2v) is 5.24. The van der Waals surface area contributed by atoms with Crippen LogP contribution < -0.4 is 9.47 Å². The Bertz CT molecular complexity index is 755. The normalized spacial score (nSPS) is 10.2. The van der Waals surface area contributed by atoms with Gasteiger partial charge in [0.05, 0.1) is 4.92 Å². The second-order valence-electron chi connectivity index (χ2n) is 5.24. The van der Waals surface area contributed by atoms with Crippen LogP contribution in [0.15, 0.2) is 36.4 Å². The third-order valence-corrected chi connectivity index (χ3v) is 3.27. The van der Waals surface area contributed by atoms with Crippen LogP contribution in [-0.2, 0) is 4.79 Å². The Morgan fingerprint density at radius 1 is 1.09 bits per heavy atom. The maximum Gasteiger partial charge on any atom is 0.349 e. The van der Waals surface area contributed by atoms with Crippen LogP contribution in [0, 0.1) is 30.9 Å². The van der Waals surface area contributed by atoms with Gasteiger partial charge in [-0.3, -0.25) is 10.1 Å². The molecule has 23 heavy (non-hydrogen) atoms. The molecule has 2 aromatic carbocycles. The molecule has 0 aliphatic rings. The zero-order valence-electron chi connectivity index (χ0n) is 13.2. The van der Waals surface area contributed by atoms with Gasteiger partial charge in [0.1, 0.15) is 11.5 Å². The molecule has 0 fully saturated rings. The van der Waals surface area contributed by atoms with E-state index >= 15 is 0 Å². The summed E-state index contributed by atoms with van der Waals surface area (Å²) in [6, 6.07) is 9.80. The highest BCUT2D eigenvalue weighted by atomic mass is 16.6. The first-order chi connectivity index (χ1) is 10.9. The van der Waals surface area contributed by atoms with Crippen LogP contribution in [0.1, 0.15) is 16.7 Å². The Hall–Kier alpha value is -2.89. The molecular weight excluding hydrogens is 298 g/mol. The Labute approximate surface area is 133 Å². The maximum atomic E-state index is 11.8. The summed E-state index contributed by atoms with van der Waals surface area (Å²) in [5.74, 6) is 0.299. The lowest BCUT2D eigenvalue weighted by Gasteiger charge is -2.10. The van der Waals surface area contributed by atoms with Crippen molar-refractivity contribution in [3.63, 3.8) is 0 Å². The summed E-state index contributed by atoms with van der Waals surface area (Å²) in [6.45, 7) is 5.22. The van der Waals surface area contributed by atoms with Crippen molar-refractivity contribution >= 4 is 11.7 Å². The van der Waals surface area contributed by atoms with Crippen LogP contribution in [0.25, 0.3) is 0 Å². The van der Waals surface area contributed by atoms with Gasteiger partial charge in [0.15, 0.2) is 6.61 Å². The molecule has 0 radical (unpaired) electrons. The number of nitrogens with zero attached hydrogens (tertiary/aromatic N) is 1. The zero-order chi connectivity index (χ0) is 17.0. The van der Waals surface area contributed by atoms with E-state index in [0.29, 0.717) is 11.3 Å². The Morgan fingerprint density at radius 2 is 1.83 bits per heavy atom. The van der Waals surface area contributed by atoms with Gasteiger partial charge in [0.2, 0.25) is 0 Å². The van der Waals surface area contributed by atoms with E-state index in [1.54, 1.807) is 13.0 Å². The lowest BCUT2D eigenvalue weighted by atomic mass is 10.1. The summed E-state index contributed by atoms with van der Waals surface area (Å²) < 4.78 is 10.6. The monoisotopic (exact) mass is 315 g/mol. The predicted molar refractivity (Wildman–Crippen MR) is 84.9 cm³/mol. The number of rotatable bonds is 5. The highest BCUT2D eigenvalue weighted by Gasteiger charge is 2.13. The number of aryl methyl sites for hydroxylation is 3. The number of carbonyl (C=O) groups excluding carboxylic acids is 1. The van der Waals surface area contributed by atoms with Crippen molar-refractivity contribution in [1.29, 1.82) is 0 Å². The summed E-state index contributed by atoms with van der Waals surface area (Å²) >= 11 is 0. The first-order valence-electron chi connectivity index (χ1n) is 7.02. The molecule has 0 aromatic heterocycles. The third kappa shape index (κ3) is 4.29. The number of nitro groups is 1. The van der Waals surface area contributed by atoms with Gasteiger partial charge in [-0.05, 0) is 44.5 Å². The first kappa shape index (κ1) is 16.5. The first-order valence-corrected chi connectivity index (χ1v) is 7.02. The van der Waals surface area contributed by atoms with E-state index in [1.807, 2.05) is 26.0 Å². The fraction of sp³-hybridized carbons (Fsp3) is 0.235. The van der Waals surface area contributed by atoms with Crippen LogP contribution in [0.2, 0.25) is 0 Å². The van der Waals surface area contributed by atoms with Gasteiger partial charge in [0, 0.05) is 11.6 Å². The minimum absolute atomic E-state index is 0.0173. The van der Waals surface area contributed by atoms with Crippen LogP contribution in [-0.4, -0.2) is 17.5 Å². The van der Waals surface area contributed by atoms with Gasteiger partial charge >= 0.3 is 5.97 Å². The molecule has 0 N–H and O–H groups in total. The lowest BCUT2D eigenvalue weighted by Crippen LogP contribution is -2.18.